The molecule has 190 valence electrons. The van der Waals surface area contributed by atoms with Crippen molar-refractivity contribution in [1.29, 1.82) is 0 Å². The second-order valence-electron chi connectivity index (χ2n) is 8.34. The maximum absolute atomic E-state index is 12.7. The zero-order chi connectivity index (χ0) is 26.2. The van der Waals surface area contributed by atoms with Crippen LogP contribution in [-0.4, -0.2) is 69.5 Å². The summed E-state index contributed by atoms with van der Waals surface area (Å²) in [7, 11) is 2.69. The molecule has 3 amide bonds. The SMILES string of the molecule is COC(=O)[C@H]1NC(=O)CNC(=O)C(NC(=O)OC(C)(C)C)COCC#Cc2cc1cc(I)c2OC. The van der Waals surface area contributed by atoms with Crippen LogP contribution >= 0.6 is 22.6 Å². The summed E-state index contributed by atoms with van der Waals surface area (Å²) in [5, 5.41) is 7.40. The molecule has 3 N–H and O–H groups in total. The summed E-state index contributed by atoms with van der Waals surface area (Å²) in [5.41, 5.74) is 0.111. The monoisotopic (exact) mass is 601 g/mol. The Morgan fingerprint density at radius 1 is 1.23 bits per heavy atom. The summed E-state index contributed by atoms with van der Waals surface area (Å²) in [4.78, 5) is 49.9. The van der Waals surface area contributed by atoms with Gasteiger partial charge in [-0.25, -0.2) is 9.59 Å². The number of hydrogen-bond acceptors (Lipinski definition) is 8. The van der Waals surface area contributed by atoms with E-state index in [2.05, 4.69) is 27.8 Å². The lowest BCUT2D eigenvalue weighted by Crippen LogP contribution is -2.52. The van der Waals surface area contributed by atoms with Gasteiger partial charge in [-0.1, -0.05) is 11.8 Å². The molecule has 1 aliphatic heterocycles. The molecule has 2 atom stereocenters. The van der Waals surface area contributed by atoms with E-state index < -0.39 is 48.1 Å². The highest BCUT2D eigenvalue weighted by Crippen LogP contribution is 2.29. The van der Waals surface area contributed by atoms with Crippen molar-refractivity contribution < 1.29 is 38.1 Å². The Kier molecular flexibility index (Phi) is 10.1. The standard InChI is InChI=1S/C23H28IN3O8/c1-23(2,3)35-22(31)26-16-12-34-8-6-7-13-9-14(10-15(24)19(13)32-4)18(21(30)33-5)27-17(28)11-25-20(16)29/h9-10,16,18H,8,11-12H2,1-5H3,(H,25,29)(H,26,31)(H,27,28)/t16?,18-/m0/s1. The minimum atomic E-state index is -1.16. The molecule has 1 aromatic rings. The number of carbonyl (C=O) groups excluding carboxylic acids is 4. The summed E-state index contributed by atoms with van der Waals surface area (Å²) >= 11 is 2.04. The van der Waals surface area contributed by atoms with E-state index in [1.54, 1.807) is 32.9 Å². The Labute approximate surface area is 217 Å². The van der Waals surface area contributed by atoms with Gasteiger partial charge in [0, 0.05) is 0 Å². The predicted octanol–water partition coefficient (Wildman–Crippen LogP) is 1.02. The van der Waals surface area contributed by atoms with E-state index >= 15 is 0 Å². The van der Waals surface area contributed by atoms with Crippen molar-refractivity contribution in [1.82, 2.24) is 16.0 Å². The molecule has 11 nitrogen and oxygen atoms in total. The van der Waals surface area contributed by atoms with Gasteiger partial charge in [0.25, 0.3) is 0 Å². The Bertz CT molecular complexity index is 1040. The van der Waals surface area contributed by atoms with Crippen LogP contribution < -0.4 is 20.7 Å². The van der Waals surface area contributed by atoms with Gasteiger partial charge in [0.2, 0.25) is 11.8 Å². The molecule has 35 heavy (non-hydrogen) atoms. The average molecular weight is 601 g/mol. The van der Waals surface area contributed by atoms with E-state index in [1.807, 2.05) is 22.6 Å². The zero-order valence-corrected chi connectivity index (χ0v) is 22.2. The molecule has 0 saturated carbocycles. The summed E-state index contributed by atoms with van der Waals surface area (Å²) in [6, 6.07) is 0.973. The fourth-order valence-corrected chi connectivity index (χ4v) is 3.84. The zero-order valence-electron chi connectivity index (χ0n) is 20.1. The molecule has 0 aromatic heterocycles. The predicted molar refractivity (Wildman–Crippen MR) is 132 cm³/mol. The second-order valence-corrected chi connectivity index (χ2v) is 9.50. The Hall–Kier alpha value is -3.05. The number of ether oxygens (including phenoxy) is 4. The topological polar surface area (TPSA) is 141 Å². The third-order valence-electron chi connectivity index (χ3n) is 4.46. The molecule has 2 bridgehead atoms. The number of hydrogen-bond donors (Lipinski definition) is 3. The smallest absolute Gasteiger partial charge is 0.408 e. The number of nitrogens with one attached hydrogen (secondary N) is 3. The van der Waals surface area contributed by atoms with Gasteiger partial charge in [0.1, 0.15) is 24.0 Å². The minimum Gasteiger partial charge on any atom is -0.494 e. The number of halogens is 1. The first-order valence-corrected chi connectivity index (χ1v) is 11.6. The lowest BCUT2D eigenvalue weighted by molar-refractivity contribution is -0.145. The number of rotatable bonds is 3. The van der Waals surface area contributed by atoms with Crippen LogP contribution in [0.15, 0.2) is 12.1 Å². The Morgan fingerprint density at radius 3 is 2.57 bits per heavy atom. The molecule has 0 spiro atoms. The van der Waals surface area contributed by atoms with Crippen LogP contribution in [0.5, 0.6) is 5.75 Å². The second kappa shape index (κ2) is 12.6. The van der Waals surface area contributed by atoms with Gasteiger partial charge in [0.05, 0.1) is 36.5 Å². The number of benzene rings is 1. The van der Waals surface area contributed by atoms with E-state index in [4.69, 9.17) is 18.9 Å². The first kappa shape index (κ1) is 28.2. The molecule has 1 aromatic carbocycles. The van der Waals surface area contributed by atoms with E-state index in [0.29, 0.717) is 20.4 Å². The van der Waals surface area contributed by atoms with Crippen molar-refractivity contribution in [2.45, 2.75) is 38.5 Å². The van der Waals surface area contributed by atoms with Gasteiger partial charge >= 0.3 is 12.1 Å². The van der Waals surface area contributed by atoms with Crippen LogP contribution in [-0.2, 0) is 28.6 Å². The number of esters is 1. The molecule has 1 aliphatic rings. The van der Waals surface area contributed by atoms with Gasteiger partial charge in [-0.2, -0.15) is 0 Å². The van der Waals surface area contributed by atoms with Gasteiger partial charge < -0.3 is 34.9 Å². The van der Waals surface area contributed by atoms with Crippen LogP contribution in [0.2, 0.25) is 0 Å². The fraction of sp³-hybridized carbons (Fsp3) is 0.478. The van der Waals surface area contributed by atoms with E-state index in [1.165, 1.54) is 14.2 Å². The molecule has 0 radical (unpaired) electrons. The lowest BCUT2D eigenvalue weighted by atomic mass is 10.0. The molecule has 0 fully saturated rings. The van der Waals surface area contributed by atoms with Crippen molar-refractivity contribution in [3.8, 4) is 17.6 Å². The van der Waals surface area contributed by atoms with Crippen LogP contribution in [0, 0.1) is 15.4 Å². The highest BCUT2D eigenvalue weighted by atomic mass is 127. The first-order valence-electron chi connectivity index (χ1n) is 10.5. The largest absolute Gasteiger partial charge is 0.494 e. The van der Waals surface area contributed by atoms with Gasteiger partial charge in [0.15, 0.2) is 6.04 Å². The van der Waals surface area contributed by atoms with E-state index in [0.717, 1.165) is 0 Å². The molecule has 0 aliphatic carbocycles. The van der Waals surface area contributed by atoms with Gasteiger partial charge in [-0.05, 0) is 61.1 Å². The number of alkyl carbamates (subject to hydrolysis) is 1. The Balaban J connectivity index is 2.38. The quantitative estimate of drug-likeness (QED) is 0.265. The summed E-state index contributed by atoms with van der Waals surface area (Å²) in [6.07, 6.45) is -0.823. The van der Waals surface area contributed by atoms with Crippen LogP contribution in [0.25, 0.3) is 0 Å². The summed E-state index contributed by atoms with van der Waals surface area (Å²) in [5.74, 6) is 4.19. The average Bonchev–Trinajstić information content (AvgIpc) is 2.77. The minimum absolute atomic E-state index is 0.0681. The maximum atomic E-state index is 12.7. The summed E-state index contributed by atoms with van der Waals surface area (Å²) < 4.78 is 21.6. The van der Waals surface area contributed by atoms with Crippen LogP contribution in [0.3, 0.4) is 0 Å². The third-order valence-corrected chi connectivity index (χ3v) is 5.26. The van der Waals surface area contributed by atoms with E-state index in [-0.39, 0.29) is 13.2 Å². The van der Waals surface area contributed by atoms with Crippen LogP contribution in [0.1, 0.15) is 37.9 Å². The third kappa shape index (κ3) is 8.59. The van der Waals surface area contributed by atoms with E-state index in [9.17, 15) is 19.2 Å². The number of methoxy groups -OCH3 is 2. The first-order chi connectivity index (χ1) is 16.4. The molecule has 0 saturated heterocycles. The molecular formula is C23H28IN3O8. The molecule has 1 heterocycles. The van der Waals surface area contributed by atoms with Gasteiger partial charge in [-0.15, -0.1) is 0 Å². The molecular weight excluding hydrogens is 573 g/mol. The maximum Gasteiger partial charge on any atom is 0.408 e. The van der Waals surface area contributed by atoms with Crippen molar-refractivity contribution in [2.75, 3.05) is 34.0 Å². The molecule has 12 heteroatoms. The molecule has 2 rings (SSSR count). The van der Waals surface area contributed by atoms with Gasteiger partial charge in [-0.3, -0.25) is 9.59 Å². The van der Waals surface area contributed by atoms with Crippen molar-refractivity contribution in [2.24, 2.45) is 0 Å². The normalized spacial score (nSPS) is 18.9. The highest BCUT2D eigenvalue weighted by molar-refractivity contribution is 14.1. The molecule has 1 unspecified atom stereocenters. The summed E-state index contributed by atoms with van der Waals surface area (Å²) in [6.45, 7) is 4.29. The fourth-order valence-electron chi connectivity index (χ4n) is 2.97. The Morgan fingerprint density at radius 2 is 1.94 bits per heavy atom. The highest BCUT2D eigenvalue weighted by Gasteiger charge is 2.28. The number of amides is 3. The van der Waals surface area contributed by atoms with Crippen molar-refractivity contribution >= 4 is 46.5 Å². The van der Waals surface area contributed by atoms with Crippen molar-refractivity contribution in [3.63, 3.8) is 0 Å². The van der Waals surface area contributed by atoms with Crippen LogP contribution in [0.4, 0.5) is 4.79 Å². The number of carbonyl (C=O) groups is 4. The number of fused-ring (bicyclic) bond motifs is 2. The van der Waals surface area contributed by atoms with Crippen molar-refractivity contribution in [3.05, 3.63) is 26.8 Å². The lowest BCUT2D eigenvalue weighted by Gasteiger charge is -2.23.